The van der Waals surface area contributed by atoms with E-state index in [1.54, 1.807) is 12.1 Å². The zero-order valence-electron chi connectivity index (χ0n) is 9.03. The van der Waals surface area contributed by atoms with Gasteiger partial charge in [-0.3, -0.25) is 4.79 Å². The molecule has 1 aromatic heterocycles. The van der Waals surface area contributed by atoms with Crippen molar-refractivity contribution in [3.8, 4) is 0 Å². The average molecular weight is 256 g/mol. The van der Waals surface area contributed by atoms with Crippen molar-refractivity contribution >= 4 is 34.1 Å². The first kappa shape index (κ1) is 11.5. The standard InChI is InChI=1S/C12H11Cl2NO/c1-3-7-5-9(16)10-11(14)6(2)4-8(13)12(10)15-7/h4-5H,3H2,1-2H3,(H,15,16). The van der Waals surface area contributed by atoms with Crippen LogP contribution in [0.1, 0.15) is 18.2 Å². The van der Waals surface area contributed by atoms with Gasteiger partial charge in [-0.15, -0.1) is 0 Å². The second-order valence-corrected chi connectivity index (χ2v) is 4.54. The smallest absolute Gasteiger partial charge is 0.191 e. The van der Waals surface area contributed by atoms with Crippen LogP contribution in [-0.2, 0) is 6.42 Å². The molecule has 0 spiro atoms. The van der Waals surface area contributed by atoms with Crippen LogP contribution < -0.4 is 5.43 Å². The van der Waals surface area contributed by atoms with Crippen molar-refractivity contribution in [2.45, 2.75) is 20.3 Å². The summed E-state index contributed by atoms with van der Waals surface area (Å²) in [5.74, 6) is 0. The molecule has 0 saturated carbocycles. The van der Waals surface area contributed by atoms with Gasteiger partial charge < -0.3 is 4.98 Å². The zero-order chi connectivity index (χ0) is 11.9. The highest BCUT2D eigenvalue weighted by molar-refractivity contribution is 6.40. The van der Waals surface area contributed by atoms with Crippen LogP contribution in [0, 0.1) is 6.92 Å². The van der Waals surface area contributed by atoms with Crippen molar-refractivity contribution in [2.24, 2.45) is 0 Å². The Labute approximate surface area is 103 Å². The van der Waals surface area contributed by atoms with Gasteiger partial charge in [0.15, 0.2) is 5.43 Å². The molecular weight excluding hydrogens is 245 g/mol. The van der Waals surface area contributed by atoms with E-state index in [0.29, 0.717) is 20.9 Å². The Kier molecular flexibility index (Phi) is 2.96. The molecule has 0 atom stereocenters. The number of benzene rings is 1. The van der Waals surface area contributed by atoms with Crippen LogP contribution >= 0.6 is 23.2 Å². The molecule has 0 aliphatic heterocycles. The summed E-state index contributed by atoms with van der Waals surface area (Å²) in [7, 11) is 0. The van der Waals surface area contributed by atoms with Crippen LogP contribution in [0.5, 0.6) is 0 Å². The van der Waals surface area contributed by atoms with E-state index in [9.17, 15) is 4.79 Å². The summed E-state index contributed by atoms with van der Waals surface area (Å²) in [5, 5.41) is 1.48. The summed E-state index contributed by atoms with van der Waals surface area (Å²) in [6.07, 6.45) is 0.757. The lowest BCUT2D eigenvalue weighted by atomic mass is 10.1. The van der Waals surface area contributed by atoms with Gasteiger partial charge >= 0.3 is 0 Å². The fourth-order valence-electron chi connectivity index (χ4n) is 1.72. The Hall–Kier alpha value is -0.990. The van der Waals surface area contributed by atoms with Gasteiger partial charge in [-0.25, -0.2) is 0 Å². The van der Waals surface area contributed by atoms with Gasteiger partial charge in [0.2, 0.25) is 0 Å². The van der Waals surface area contributed by atoms with Crippen molar-refractivity contribution in [3.63, 3.8) is 0 Å². The van der Waals surface area contributed by atoms with Crippen molar-refractivity contribution in [2.75, 3.05) is 0 Å². The number of aromatic nitrogens is 1. The third-order valence-corrected chi connectivity index (χ3v) is 3.40. The third-order valence-electron chi connectivity index (χ3n) is 2.62. The van der Waals surface area contributed by atoms with Crippen LogP contribution in [0.4, 0.5) is 0 Å². The van der Waals surface area contributed by atoms with E-state index in [1.807, 2.05) is 13.8 Å². The second-order valence-electron chi connectivity index (χ2n) is 3.75. The first-order valence-corrected chi connectivity index (χ1v) is 5.80. The van der Waals surface area contributed by atoms with Gasteiger partial charge in [0.1, 0.15) is 0 Å². The number of hydrogen-bond acceptors (Lipinski definition) is 1. The minimum atomic E-state index is -0.0822. The Morgan fingerprint density at radius 3 is 2.62 bits per heavy atom. The van der Waals surface area contributed by atoms with Crippen LogP contribution in [0.25, 0.3) is 10.9 Å². The van der Waals surface area contributed by atoms with Crippen molar-refractivity contribution in [3.05, 3.63) is 43.7 Å². The van der Waals surface area contributed by atoms with Crippen LogP contribution in [0.3, 0.4) is 0 Å². The summed E-state index contributed by atoms with van der Waals surface area (Å²) in [6, 6.07) is 3.34. The van der Waals surface area contributed by atoms with E-state index >= 15 is 0 Å². The summed E-state index contributed by atoms with van der Waals surface area (Å²) in [6.45, 7) is 3.81. The molecule has 0 aliphatic carbocycles. The maximum absolute atomic E-state index is 11.9. The first-order chi connectivity index (χ1) is 7.54. The van der Waals surface area contributed by atoms with E-state index in [1.165, 1.54) is 0 Å². The highest BCUT2D eigenvalue weighted by atomic mass is 35.5. The highest BCUT2D eigenvalue weighted by Gasteiger charge is 2.11. The molecule has 1 aromatic carbocycles. The minimum absolute atomic E-state index is 0.0822. The second kappa shape index (κ2) is 4.11. The lowest BCUT2D eigenvalue weighted by Gasteiger charge is -2.07. The van der Waals surface area contributed by atoms with E-state index in [2.05, 4.69) is 4.98 Å². The zero-order valence-corrected chi connectivity index (χ0v) is 10.5. The molecule has 0 fully saturated rings. The molecule has 1 heterocycles. The van der Waals surface area contributed by atoms with Gasteiger partial charge in [-0.1, -0.05) is 30.1 Å². The summed E-state index contributed by atoms with van der Waals surface area (Å²) >= 11 is 12.2. The lowest BCUT2D eigenvalue weighted by Crippen LogP contribution is -2.06. The molecular formula is C12H11Cl2NO. The first-order valence-electron chi connectivity index (χ1n) is 5.05. The summed E-state index contributed by atoms with van der Waals surface area (Å²) < 4.78 is 0. The molecule has 84 valence electrons. The van der Waals surface area contributed by atoms with E-state index in [0.717, 1.165) is 17.7 Å². The van der Waals surface area contributed by atoms with Crippen molar-refractivity contribution < 1.29 is 0 Å². The molecule has 0 bridgehead atoms. The number of hydrogen-bond donors (Lipinski definition) is 1. The van der Waals surface area contributed by atoms with Crippen molar-refractivity contribution in [1.29, 1.82) is 0 Å². The molecule has 1 N–H and O–H groups in total. The Balaban J connectivity index is 3.00. The Morgan fingerprint density at radius 2 is 2.00 bits per heavy atom. The SMILES string of the molecule is CCc1cc(=O)c2c(Cl)c(C)cc(Cl)c2[nH]1. The van der Waals surface area contributed by atoms with E-state index in [-0.39, 0.29) is 5.43 Å². The van der Waals surface area contributed by atoms with E-state index in [4.69, 9.17) is 23.2 Å². The average Bonchev–Trinajstić information content (AvgIpc) is 2.25. The number of H-pyrrole nitrogens is 1. The predicted molar refractivity (Wildman–Crippen MR) is 68.7 cm³/mol. The topological polar surface area (TPSA) is 32.9 Å². The maximum Gasteiger partial charge on any atom is 0.191 e. The van der Waals surface area contributed by atoms with Crippen LogP contribution in [0.2, 0.25) is 10.0 Å². The summed E-state index contributed by atoms with van der Waals surface area (Å²) in [4.78, 5) is 15.1. The van der Waals surface area contributed by atoms with Crippen LogP contribution in [-0.4, -0.2) is 4.98 Å². The number of fused-ring (bicyclic) bond motifs is 1. The molecule has 2 aromatic rings. The number of nitrogens with one attached hydrogen (secondary N) is 1. The lowest BCUT2D eigenvalue weighted by molar-refractivity contribution is 1.05. The molecule has 0 amide bonds. The number of aryl methyl sites for hydroxylation is 2. The van der Waals surface area contributed by atoms with Gasteiger partial charge in [-0.2, -0.15) is 0 Å². The molecule has 0 unspecified atom stereocenters. The monoisotopic (exact) mass is 255 g/mol. The fraction of sp³-hybridized carbons (Fsp3) is 0.250. The number of aromatic amines is 1. The maximum atomic E-state index is 11.9. The molecule has 2 rings (SSSR count). The number of rotatable bonds is 1. The van der Waals surface area contributed by atoms with Gasteiger partial charge in [-0.05, 0) is 25.0 Å². The van der Waals surface area contributed by atoms with E-state index < -0.39 is 0 Å². The largest absolute Gasteiger partial charge is 0.357 e. The Morgan fingerprint density at radius 1 is 1.31 bits per heavy atom. The number of pyridine rings is 1. The molecule has 16 heavy (non-hydrogen) atoms. The highest BCUT2D eigenvalue weighted by Crippen LogP contribution is 2.29. The predicted octanol–water partition coefficient (Wildman–Crippen LogP) is 3.71. The van der Waals surface area contributed by atoms with Gasteiger partial charge in [0.25, 0.3) is 0 Å². The van der Waals surface area contributed by atoms with Gasteiger partial charge in [0, 0.05) is 11.8 Å². The molecule has 0 radical (unpaired) electrons. The van der Waals surface area contributed by atoms with Crippen LogP contribution in [0.15, 0.2) is 16.9 Å². The summed E-state index contributed by atoms with van der Waals surface area (Å²) in [5.41, 5.74) is 2.22. The normalized spacial score (nSPS) is 11.0. The fourth-order valence-corrected chi connectivity index (χ4v) is 2.27. The Bertz CT molecular complexity index is 616. The number of halogens is 2. The molecule has 0 aliphatic rings. The molecule has 2 nitrogen and oxygen atoms in total. The minimum Gasteiger partial charge on any atom is -0.357 e. The molecule has 0 saturated heterocycles. The van der Waals surface area contributed by atoms with Gasteiger partial charge in [0.05, 0.1) is 20.9 Å². The molecule has 4 heteroatoms. The van der Waals surface area contributed by atoms with Crippen molar-refractivity contribution in [1.82, 2.24) is 4.98 Å². The quantitative estimate of drug-likeness (QED) is 0.828. The third kappa shape index (κ3) is 1.72.